The summed E-state index contributed by atoms with van der Waals surface area (Å²) in [5.74, 6) is 0.954. The number of carbonyl (C=O) groups excluding carboxylic acids is 1. The zero-order valence-corrected chi connectivity index (χ0v) is 22.9. The minimum absolute atomic E-state index is 0.0273. The number of hydrogen-bond acceptors (Lipinski definition) is 4. The number of esters is 1. The molecule has 0 spiro atoms. The van der Waals surface area contributed by atoms with Gasteiger partial charge in [-0.25, -0.2) is 4.79 Å². The zero-order valence-electron chi connectivity index (χ0n) is 22.9. The first-order valence-electron chi connectivity index (χ1n) is 14.3. The number of hydrogen-bond donors (Lipinski definition) is 0. The molecular weight excluding hydrogens is 448 g/mol. The normalized spacial score (nSPS) is 11.9. The van der Waals surface area contributed by atoms with Gasteiger partial charge in [-0.3, -0.25) is 0 Å². The second-order valence-electron chi connectivity index (χ2n) is 9.73. The van der Waals surface area contributed by atoms with E-state index in [1.165, 1.54) is 70.6 Å². The Bertz CT molecular complexity index is 813. The molecule has 4 nitrogen and oxygen atoms in total. The van der Waals surface area contributed by atoms with Crippen molar-refractivity contribution in [1.29, 1.82) is 0 Å². The van der Waals surface area contributed by atoms with Crippen LogP contribution in [-0.2, 0) is 4.74 Å². The molecule has 0 aliphatic carbocycles. The van der Waals surface area contributed by atoms with Crippen molar-refractivity contribution in [2.24, 2.45) is 0 Å². The molecule has 0 aliphatic rings. The summed E-state index contributed by atoms with van der Waals surface area (Å²) in [6, 6.07) is 14.8. The first-order valence-corrected chi connectivity index (χ1v) is 14.3. The maximum absolute atomic E-state index is 12.5. The van der Waals surface area contributed by atoms with Gasteiger partial charge in [-0.1, -0.05) is 96.6 Å². The van der Waals surface area contributed by atoms with E-state index in [0.29, 0.717) is 17.9 Å². The van der Waals surface area contributed by atoms with E-state index in [1.54, 1.807) is 12.1 Å². The molecule has 0 aliphatic heterocycles. The average molecular weight is 497 g/mol. The van der Waals surface area contributed by atoms with E-state index in [-0.39, 0.29) is 12.1 Å². The van der Waals surface area contributed by atoms with Crippen molar-refractivity contribution >= 4 is 5.97 Å². The first kappa shape index (κ1) is 29.9. The summed E-state index contributed by atoms with van der Waals surface area (Å²) >= 11 is 0. The Morgan fingerprint density at radius 1 is 0.639 bits per heavy atom. The molecule has 0 fully saturated rings. The Balaban J connectivity index is 1.62. The van der Waals surface area contributed by atoms with Gasteiger partial charge >= 0.3 is 5.97 Å². The fraction of sp³-hybridized carbons (Fsp3) is 0.594. The number of unbranched alkanes of at least 4 members (excludes halogenated alkanes) is 11. The van der Waals surface area contributed by atoms with E-state index < -0.39 is 0 Å². The summed E-state index contributed by atoms with van der Waals surface area (Å²) in [5.41, 5.74) is 1.59. The molecule has 0 amide bonds. The molecule has 200 valence electrons. The largest absolute Gasteiger partial charge is 0.494 e. The predicted octanol–water partition coefficient (Wildman–Crippen LogP) is 9.47. The van der Waals surface area contributed by atoms with Crippen molar-refractivity contribution < 1.29 is 19.0 Å². The van der Waals surface area contributed by atoms with Crippen molar-refractivity contribution in [3.63, 3.8) is 0 Å². The lowest BCUT2D eigenvalue weighted by molar-refractivity contribution is 0.0629. The van der Waals surface area contributed by atoms with E-state index in [2.05, 4.69) is 13.8 Å². The highest BCUT2D eigenvalue weighted by atomic mass is 16.5. The highest BCUT2D eigenvalue weighted by Gasteiger charge is 2.11. The van der Waals surface area contributed by atoms with E-state index in [1.807, 2.05) is 43.3 Å². The molecule has 36 heavy (non-hydrogen) atoms. The fourth-order valence-electron chi connectivity index (χ4n) is 4.15. The monoisotopic (exact) mass is 496 g/mol. The molecule has 0 saturated heterocycles. The SMILES string of the molecule is CCCCCCCCCCCCOc1ccc(C(=O)Oc2ccc(C(C)OCCCCC)cc2)cc1. The lowest BCUT2D eigenvalue weighted by atomic mass is 10.1. The quantitative estimate of drug-likeness (QED) is 0.104. The molecule has 2 aromatic carbocycles. The van der Waals surface area contributed by atoms with Crippen molar-refractivity contribution in [3.8, 4) is 11.5 Å². The maximum atomic E-state index is 12.5. The average Bonchev–Trinajstić information content (AvgIpc) is 2.90. The molecule has 0 N–H and O–H groups in total. The summed E-state index contributed by atoms with van der Waals surface area (Å²) in [7, 11) is 0. The molecule has 1 atom stereocenters. The second-order valence-corrected chi connectivity index (χ2v) is 9.73. The Morgan fingerprint density at radius 3 is 1.75 bits per heavy atom. The summed E-state index contributed by atoms with van der Waals surface area (Å²) in [6.07, 6.45) is 16.6. The van der Waals surface area contributed by atoms with Crippen LogP contribution < -0.4 is 9.47 Å². The van der Waals surface area contributed by atoms with Gasteiger partial charge < -0.3 is 14.2 Å². The molecule has 2 rings (SSSR count). The minimum atomic E-state index is -0.368. The molecule has 0 radical (unpaired) electrons. The summed E-state index contributed by atoms with van der Waals surface area (Å²) in [4.78, 5) is 12.5. The number of rotatable bonds is 20. The molecule has 0 aromatic heterocycles. The highest BCUT2D eigenvalue weighted by Crippen LogP contribution is 2.22. The van der Waals surface area contributed by atoms with Gasteiger partial charge in [-0.2, -0.15) is 0 Å². The fourth-order valence-corrected chi connectivity index (χ4v) is 4.15. The van der Waals surface area contributed by atoms with Crippen LogP contribution in [-0.4, -0.2) is 19.2 Å². The summed E-state index contributed by atoms with van der Waals surface area (Å²) in [6.45, 7) is 7.98. The molecular formula is C32H48O4. The number of benzene rings is 2. The molecule has 0 heterocycles. The van der Waals surface area contributed by atoms with Gasteiger partial charge in [-0.15, -0.1) is 0 Å². The van der Waals surface area contributed by atoms with Crippen LogP contribution in [0.3, 0.4) is 0 Å². The topological polar surface area (TPSA) is 44.8 Å². The van der Waals surface area contributed by atoms with Crippen molar-refractivity contribution in [2.45, 2.75) is 110 Å². The van der Waals surface area contributed by atoms with Gasteiger partial charge in [0.1, 0.15) is 11.5 Å². The third-order valence-corrected chi connectivity index (χ3v) is 6.53. The van der Waals surface area contributed by atoms with Gasteiger partial charge in [-0.05, 0) is 61.7 Å². The second kappa shape index (κ2) is 18.9. The summed E-state index contributed by atoms with van der Waals surface area (Å²) < 4.78 is 17.3. The van der Waals surface area contributed by atoms with Crippen LogP contribution in [0.15, 0.2) is 48.5 Å². The highest BCUT2D eigenvalue weighted by molar-refractivity contribution is 5.91. The molecule has 0 saturated carbocycles. The Kier molecular flexibility index (Phi) is 15.7. The van der Waals surface area contributed by atoms with Crippen LogP contribution in [0.1, 0.15) is 126 Å². The maximum Gasteiger partial charge on any atom is 0.343 e. The van der Waals surface area contributed by atoms with Crippen molar-refractivity contribution in [3.05, 3.63) is 59.7 Å². The van der Waals surface area contributed by atoms with E-state index in [4.69, 9.17) is 14.2 Å². The van der Waals surface area contributed by atoms with E-state index in [9.17, 15) is 4.79 Å². The van der Waals surface area contributed by atoms with Crippen LogP contribution in [0, 0.1) is 0 Å². The smallest absolute Gasteiger partial charge is 0.343 e. The van der Waals surface area contributed by atoms with Gasteiger partial charge in [0.2, 0.25) is 0 Å². The third kappa shape index (κ3) is 12.6. The van der Waals surface area contributed by atoms with Gasteiger partial charge in [0, 0.05) is 6.61 Å². The van der Waals surface area contributed by atoms with Crippen LogP contribution >= 0.6 is 0 Å². The summed E-state index contributed by atoms with van der Waals surface area (Å²) in [5, 5.41) is 0. The van der Waals surface area contributed by atoms with Crippen LogP contribution in [0.5, 0.6) is 11.5 Å². The van der Waals surface area contributed by atoms with Crippen LogP contribution in [0.25, 0.3) is 0 Å². The Morgan fingerprint density at radius 2 is 1.14 bits per heavy atom. The minimum Gasteiger partial charge on any atom is -0.494 e. The van der Waals surface area contributed by atoms with Crippen molar-refractivity contribution in [1.82, 2.24) is 0 Å². The first-order chi connectivity index (χ1) is 17.6. The molecule has 0 bridgehead atoms. The lowest BCUT2D eigenvalue weighted by Gasteiger charge is -2.14. The Labute approximate surface area is 219 Å². The molecule has 4 heteroatoms. The zero-order chi connectivity index (χ0) is 25.8. The van der Waals surface area contributed by atoms with Gasteiger partial charge in [0.25, 0.3) is 0 Å². The van der Waals surface area contributed by atoms with Crippen molar-refractivity contribution in [2.75, 3.05) is 13.2 Å². The lowest BCUT2D eigenvalue weighted by Crippen LogP contribution is -2.09. The molecule has 2 aromatic rings. The van der Waals surface area contributed by atoms with E-state index in [0.717, 1.165) is 30.8 Å². The van der Waals surface area contributed by atoms with Crippen LogP contribution in [0.2, 0.25) is 0 Å². The number of ether oxygens (including phenoxy) is 3. The van der Waals surface area contributed by atoms with Crippen LogP contribution in [0.4, 0.5) is 0 Å². The Hall–Kier alpha value is -2.33. The molecule has 1 unspecified atom stereocenters. The van der Waals surface area contributed by atoms with Gasteiger partial charge in [0.15, 0.2) is 0 Å². The predicted molar refractivity (Wildman–Crippen MR) is 149 cm³/mol. The standard InChI is InChI=1S/C32H48O4/c1-4-6-8-9-10-11-12-13-14-16-26-35-30-21-19-29(20-22-30)32(33)36-31-23-17-28(18-24-31)27(3)34-25-15-7-5-2/h17-24,27H,4-16,25-26H2,1-3H3. The van der Waals surface area contributed by atoms with Gasteiger partial charge in [0.05, 0.1) is 18.3 Å². The van der Waals surface area contributed by atoms with E-state index >= 15 is 0 Å². The number of carbonyl (C=O) groups is 1. The third-order valence-electron chi connectivity index (χ3n) is 6.53.